The summed E-state index contributed by atoms with van der Waals surface area (Å²) in [5, 5.41) is 0. The quantitative estimate of drug-likeness (QED) is 0.401. The molecule has 0 fully saturated rings. The highest BCUT2D eigenvalue weighted by Crippen LogP contribution is 2.08. The van der Waals surface area contributed by atoms with E-state index in [2.05, 4.69) is 36.4 Å². The Morgan fingerprint density at radius 3 is 2.29 bits per heavy atom. The van der Waals surface area contributed by atoms with Crippen LogP contribution in [-0.4, -0.2) is 73.4 Å². The van der Waals surface area contributed by atoms with E-state index in [1.165, 1.54) is 0 Å². The smallest absolute Gasteiger partial charge is 0.0569 e. The largest absolute Gasteiger partial charge is 0.380 e. The summed E-state index contributed by atoms with van der Waals surface area (Å²) in [6.07, 6.45) is 2.11. The number of hydrogen-bond acceptors (Lipinski definition) is 5. The predicted molar refractivity (Wildman–Crippen MR) is 82.1 cm³/mol. The fourth-order valence-electron chi connectivity index (χ4n) is 1.22. The molecule has 0 radical (unpaired) electrons. The lowest BCUT2D eigenvalue weighted by Crippen LogP contribution is -2.29. The SMILES string of the molecule is CCN(C)CCN(CC)SCCOCCSC. The first kappa shape index (κ1) is 17.6. The minimum atomic E-state index is 0.866. The van der Waals surface area contributed by atoms with Gasteiger partial charge in [0.1, 0.15) is 0 Å². The molecule has 0 rings (SSSR count). The number of likely N-dealkylation sites (N-methyl/N-ethyl adjacent to an activating group) is 2. The molecule has 17 heavy (non-hydrogen) atoms. The Balaban J connectivity index is 3.41. The monoisotopic (exact) mass is 280 g/mol. The molecule has 0 aliphatic heterocycles. The Hall–Kier alpha value is 0.580. The molecule has 0 aromatic carbocycles. The van der Waals surface area contributed by atoms with Crippen molar-refractivity contribution in [3.63, 3.8) is 0 Å². The first-order valence-corrected chi connectivity index (χ1v) is 8.71. The fourth-order valence-corrected chi connectivity index (χ4v) is 2.35. The molecule has 0 amide bonds. The highest BCUT2D eigenvalue weighted by atomic mass is 32.2. The van der Waals surface area contributed by atoms with Gasteiger partial charge in [0.2, 0.25) is 0 Å². The third-order valence-corrected chi connectivity index (χ3v) is 4.29. The first-order valence-electron chi connectivity index (χ1n) is 6.37. The minimum Gasteiger partial charge on any atom is -0.380 e. The van der Waals surface area contributed by atoms with Gasteiger partial charge in [0, 0.05) is 31.1 Å². The second-order valence-corrected chi connectivity index (χ2v) is 6.02. The average molecular weight is 281 g/mol. The molecule has 0 unspecified atom stereocenters. The van der Waals surface area contributed by atoms with Gasteiger partial charge >= 0.3 is 0 Å². The molecule has 0 aliphatic rings. The molecule has 0 N–H and O–H groups in total. The van der Waals surface area contributed by atoms with Gasteiger partial charge in [0.05, 0.1) is 13.2 Å². The van der Waals surface area contributed by atoms with Crippen molar-refractivity contribution in [3.05, 3.63) is 0 Å². The maximum atomic E-state index is 5.54. The third-order valence-electron chi connectivity index (χ3n) is 2.56. The maximum absolute atomic E-state index is 5.54. The van der Waals surface area contributed by atoms with Gasteiger partial charge in [-0.2, -0.15) is 11.8 Å². The lowest BCUT2D eigenvalue weighted by Gasteiger charge is -2.22. The molecular weight excluding hydrogens is 252 g/mol. The van der Waals surface area contributed by atoms with Crippen LogP contribution in [0.2, 0.25) is 0 Å². The van der Waals surface area contributed by atoms with Crippen LogP contribution in [0.1, 0.15) is 13.8 Å². The lowest BCUT2D eigenvalue weighted by atomic mass is 10.5. The van der Waals surface area contributed by atoms with Gasteiger partial charge in [-0.3, -0.25) is 0 Å². The predicted octanol–water partition coefficient (Wildman–Crippen LogP) is 2.29. The zero-order valence-corrected chi connectivity index (χ0v) is 13.4. The van der Waals surface area contributed by atoms with Crippen LogP contribution in [-0.2, 0) is 4.74 Å². The number of hydrogen-bond donors (Lipinski definition) is 0. The van der Waals surface area contributed by atoms with E-state index in [0.717, 1.165) is 50.9 Å². The molecule has 0 saturated heterocycles. The molecule has 3 nitrogen and oxygen atoms in total. The fraction of sp³-hybridized carbons (Fsp3) is 1.00. The standard InChI is InChI=1S/C12H28N2OS2/c1-5-13(3)7-8-14(6-2)17-12-10-15-9-11-16-4/h5-12H2,1-4H3. The Kier molecular flexibility index (Phi) is 13.5. The Morgan fingerprint density at radius 1 is 1.00 bits per heavy atom. The normalized spacial score (nSPS) is 11.6. The molecule has 104 valence electrons. The lowest BCUT2D eigenvalue weighted by molar-refractivity contribution is 0.166. The van der Waals surface area contributed by atoms with E-state index in [1.54, 1.807) is 0 Å². The van der Waals surface area contributed by atoms with Crippen molar-refractivity contribution in [2.24, 2.45) is 0 Å². The van der Waals surface area contributed by atoms with Crippen LogP contribution in [0.3, 0.4) is 0 Å². The van der Waals surface area contributed by atoms with Gasteiger partial charge in [0.15, 0.2) is 0 Å². The Labute approximate surface area is 116 Å². The van der Waals surface area contributed by atoms with Crippen LogP contribution >= 0.6 is 23.7 Å². The van der Waals surface area contributed by atoms with E-state index in [-0.39, 0.29) is 0 Å². The van der Waals surface area contributed by atoms with E-state index in [1.807, 2.05) is 23.7 Å². The van der Waals surface area contributed by atoms with Gasteiger partial charge in [-0.05, 0) is 19.8 Å². The van der Waals surface area contributed by atoms with Crippen molar-refractivity contribution in [1.82, 2.24) is 9.21 Å². The van der Waals surface area contributed by atoms with Gasteiger partial charge in [-0.15, -0.1) is 0 Å². The van der Waals surface area contributed by atoms with Crippen molar-refractivity contribution in [2.75, 3.05) is 64.2 Å². The minimum absolute atomic E-state index is 0.866. The van der Waals surface area contributed by atoms with Crippen LogP contribution < -0.4 is 0 Å². The molecule has 0 saturated carbocycles. The molecular formula is C12H28N2OS2. The maximum Gasteiger partial charge on any atom is 0.0569 e. The topological polar surface area (TPSA) is 15.7 Å². The van der Waals surface area contributed by atoms with Gasteiger partial charge in [0.25, 0.3) is 0 Å². The average Bonchev–Trinajstić information content (AvgIpc) is 2.36. The van der Waals surface area contributed by atoms with Gasteiger partial charge < -0.3 is 9.64 Å². The van der Waals surface area contributed by atoms with E-state index in [9.17, 15) is 0 Å². The van der Waals surface area contributed by atoms with Crippen LogP contribution in [0, 0.1) is 0 Å². The van der Waals surface area contributed by atoms with E-state index < -0.39 is 0 Å². The number of thioether (sulfide) groups is 1. The van der Waals surface area contributed by atoms with Crippen LogP contribution in [0.5, 0.6) is 0 Å². The van der Waals surface area contributed by atoms with Crippen molar-refractivity contribution in [2.45, 2.75) is 13.8 Å². The van der Waals surface area contributed by atoms with Crippen molar-refractivity contribution in [1.29, 1.82) is 0 Å². The highest BCUT2D eigenvalue weighted by molar-refractivity contribution is 7.98. The van der Waals surface area contributed by atoms with Gasteiger partial charge in [-0.25, -0.2) is 4.31 Å². The summed E-state index contributed by atoms with van der Waals surface area (Å²) in [6, 6.07) is 0. The molecule has 0 aromatic heterocycles. The Bertz CT molecular complexity index is 161. The molecule has 0 spiro atoms. The Morgan fingerprint density at radius 2 is 1.71 bits per heavy atom. The second-order valence-electron chi connectivity index (χ2n) is 3.86. The number of ether oxygens (including phenoxy) is 1. The summed E-state index contributed by atoms with van der Waals surface area (Å²) in [5.74, 6) is 2.17. The summed E-state index contributed by atoms with van der Waals surface area (Å²) in [5.41, 5.74) is 0. The van der Waals surface area contributed by atoms with Crippen LogP contribution in [0.4, 0.5) is 0 Å². The molecule has 0 atom stereocenters. The van der Waals surface area contributed by atoms with Crippen molar-refractivity contribution < 1.29 is 4.74 Å². The van der Waals surface area contributed by atoms with Crippen LogP contribution in [0.15, 0.2) is 0 Å². The molecule has 0 aromatic rings. The third kappa shape index (κ3) is 11.4. The summed E-state index contributed by atoms with van der Waals surface area (Å²) in [6.45, 7) is 10.7. The van der Waals surface area contributed by atoms with E-state index >= 15 is 0 Å². The summed E-state index contributed by atoms with van der Waals surface area (Å²) < 4.78 is 7.96. The molecule has 5 heteroatoms. The second kappa shape index (κ2) is 13.0. The zero-order valence-electron chi connectivity index (χ0n) is 11.8. The van der Waals surface area contributed by atoms with E-state index in [0.29, 0.717) is 0 Å². The summed E-state index contributed by atoms with van der Waals surface area (Å²) >= 11 is 3.74. The molecule has 0 bridgehead atoms. The van der Waals surface area contributed by atoms with Crippen molar-refractivity contribution >= 4 is 23.7 Å². The first-order chi connectivity index (χ1) is 8.24. The highest BCUT2D eigenvalue weighted by Gasteiger charge is 2.04. The number of nitrogens with zero attached hydrogens (tertiary/aromatic N) is 2. The summed E-state index contributed by atoms with van der Waals surface area (Å²) in [4.78, 5) is 2.35. The molecule has 0 heterocycles. The van der Waals surface area contributed by atoms with Crippen molar-refractivity contribution in [3.8, 4) is 0 Å². The van der Waals surface area contributed by atoms with Crippen LogP contribution in [0.25, 0.3) is 0 Å². The molecule has 0 aliphatic carbocycles. The zero-order chi connectivity index (χ0) is 12.9. The number of rotatable bonds is 12. The van der Waals surface area contributed by atoms with E-state index in [4.69, 9.17) is 4.74 Å². The summed E-state index contributed by atoms with van der Waals surface area (Å²) in [7, 11) is 2.17. The van der Waals surface area contributed by atoms with Gasteiger partial charge in [-0.1, -0.05) is 25.8 Å².